The van der Waals surface area contributed by atoms with Crippen LogP contribution in [0, 0.1) is 5.92 Å². The number of halogens is 1. The molecule has 100 valence electrons. The van der Waals surface area contributed by atoms with E-state index in [0.29, 0.717) is 5.92 Å². The van der Waals surface area contributed by atoms with Crippen molar-refractivity contribution in [1.29, 1.82) is 0 Å². The van der Waals surface area contributed by atoms with Crippen molar-refractivity contribution in [1.82, 2.24) is 5.32 Å². The molecule has 1 heterocycles. The lowest BCUT2D eigenvalue weighted by atomic mass is 9.77. The maximum atomic E-state index is 4.25. The quantitative estimate of drug-likeness (QED) is 0.806. The van der Waals surface area contributed by atoms with Crippen molar-refractivity contribution in [3.63, 3.8) is 0 Å². The Morgan fingerprint density at radius 2 is 1.89 bits per heavy atom. The molecule has 0 saturated carbocycles. The van der Waals surface area contributed by atoms with Crippen molar-refractivity contribution < 1.29 is 0 Å². The second-order valence-corrected chi connectivity index (χ2v) is 6.48. The van der Waals surface area contributed by atoms with Crippen LogP contribution < -0.4 is 5.32 Å². The molecule has 1 aromatic carbocycles. The molecule has 3 rings (SSSR count). The summed E-state index contributed by atoms with van der Waals surface area (Å²) in [5.74, 6) is 1.41. The number of allylic oxidation sites excluding steroid dienone is 2. The van der Waals surface area contributed by atoms with Crippen molar-refractivity contribution in [3.05, 3.63) is 52.0 Å². The summed E-state index contributed by atoms with van der Waals surface area (Å²) >= 11 is 3.67. The number of hydrogen-bond donors (Lipinski definition) is 1. The van der Waals surface area contributed by atoms with Gasteiger partial charge in [-0.3, -0.25) is 0 Å². The number of fused-ring (bicyclic) bond motifs is 1. The molecule has 0 bridgehead atoms. The van der Waals surface area contributed by atoms with Crippen LogP contribution in [0.2, 0.25) is 0 Å². The average Bonchev–Trinajstić information content (AvgIpc) is 2.58. The van der Waals surface area contributed by atoms with Gasteiger partial charge in [-0.05, 0) is 67.0 Å². The molecule has 1 nitrogen and oxygen atoms in total. The van der Waals surface area contributed by atoms with E-state index in [9.17, 15) is 0 Å². The first-order valence-electron chi connectivity index (χ1n) is 7.10. The van der Waals surface area contributed by atoms with Crippen molar-refractivity contribution in [2.24, 2.45) is 5.92 Å². The first-order valence-corrected chi connectivity index (χ1v) is 7.90. The summed E-state index contributed by atoms with van der Waals surface area (Å²) in [4.78, 5) is 0. The summed E-state index contributed by atoms with van der Waals surface area (Å²) in [6.07, 6.45) is 5.88. The van der Waals surface area contributed by atoms with Gasteiger partial charge in [0.25, 0.3) is 0 Å². The largest absolute Gasteiger partial charge is 0.317 e. The van der Waals surface area contributed by atoms with Crippen LogP contribution >= 0.6 is 15.9 Å². The fraction of sp³-hybridized carbons (Fsp3) is 0.412. The first-order chi connectivity index (χ1) is 9.25. The van der Waals surface area contributed by atoms with Gasteiger partial charge in [-0.2, -0.15) is 0 Å². The minimum absolute atomic E-state index is 0.622. The Labute approximate surface area is 123 Å². The molecule has 1 aliphatic heterocycles. The summed E-state index contributed by atoms with van der Waals surface area (Å²) in [5, 5.41) is 3.47. The Morgan fingerprint density at radius 3 is 2.68 bits per heavy atom. The summed E-state index contributed by atoms with van der Waals surface area (Å²) in [7, 11) is 0. The number of benzene rings is 1. The zero-order chi connectivity index (χ0) is 13.2. The van der Waals surface area contributed by atoms with E-state index in [0.717, 1.165) is 29.9 Å². The number of nitrogens with one attached hydrogen (secondary N) is 1. The Hall–Kier alpha value is -0.860. The minimum atomic E-state index is 0.622. The first kappa shape index (κ1) is 13.1. The number of hydrogen-bond acceptors (Lipinski definition) is 1. The van der Waals surface area contributed by atoms with Gasteiger partial charge in [-0.1, -0.05) is 46.8 Å². The molecule has 19 heavy (non-hydrogen) atoms. The zero-order valence-electron chi connectivity index (χ0n) is 11.2. The maximum absolute atomic E-state index is 4.25. The topological polar surface area (TPSA) is 12.0 Å². The highest BCUT2D eigenvalue weighted by Gasteiger charge is 2.28. The fourth-order valence-electron chi connectivity index (χ4n) is 3.36. The molecule has 0 amide bonds. The predicted molar refractivity (Wildman–Crippen MR) is 85.4 cm³/mol. The van der Waals surface area contributed by atoms with Gasteiger partial charge in [-0.25, -0.2) is 0 Å². The minimum Gasteiger partial charge on any atom is -0.317 e. The third-order valence-electron chi connectivity index (χ3n) is 4.43. The number of rotatable bonds is 1. The van der Waals surface area contributed by atoms with E-state index in [2.05, 4.69) is 58.2 Å². The lowest BCUT2D eigenvalue weighted by Crippen LogP contribution is -2.31. The SMILES string of the molecule is C=C1CC(C2CCNCC2)c2ccccc2C=C1Br. The molecule has 1 atom stereocenters. The second-order valence-electron chi connectivity index (χ2n) is 5.62. The summed E-state index contributed by atoms with van der Waals surface area (Å²) in [6, 6.07) is 8.83. The van der Waals surface area contributed by atoms with Gasteiger partial charge in [0.2, 0.25) is 0 Å². The Kier molecular flexibility index (Phi) is 3.90. The molecule has 1 aliphatic carbocycles. The predicted octanol–water partition coefficient (Wildman–Crippen LogP) is 4.47. The molecule has 1 N–H and O–H groups in total. The molecule has 1 unspecified atom stereocenters. The molecular weight excluding hydrogens is 298 g/mol. The highest BCUT2D eigenvalue weighted by molar-refractivity contribution is 9.12. The highest BCUT2D eigenvalue weighted by atomic mass is 79.9. The van der Waals surface area contributed by atoms with Crippen LogP contribution in [-0.2, 0) is 0 Å². The lowest BCUT2D eigenvalue weighted by molar-refractivity contribution is 0.317. The molecule has 0 spiro atoms. The lowest BCUT2D eigenvalue weighted by Gasteiger charge is -2.31. The van der Waals surface area contributed by atoms with Crippen molar-refractivity contribution >= 4 is 22.0 Å². The van der Waals surface area contributed by atoms with Crippen LogP contribution in [-0.4, -0.2) is 13.1 Å². The second kappa shape index (κ2) is 5.64. The van der Waals surface area contributed by atoms with E-state index >= 15 is 0 Å². The monoisotopic (exact) mass is 317 g/mol. The molecular formula is C17H20BrN. The van der Waals surface area contributed by atoms with Crippen LogP contribution in [0.5, 0.6) is 0 Å². The Morgan fingerprint density at radius 1 is 1.16 bits per heavy atom. The Bertz CT molecular complexity index is 512. The van der Waals surface area contributed by atoms with Gasteiger partial charge in [0, 0.05) is 4.48 Å². The van der Waals surface area contributed by atoms with Crippen LogP contribution in [0.3, 0.4) is 0 Å². The van der Waals surface area contributed by atoms with Crippen LogP contribution in [0.15, 0.2) is 40.9 Å². The highest BCUT2D eigenvalue weighted by Crippen LogP contribution is 2.42. The maximum Gasteiger partial charge on any atom is 0.0207 e. The van der Waals surface area contributed by atoms with E-state index in [1.165, 1.54) is 29.5 Å². The smallest absolute Gasteiger partial charge is 0.0207 e. The third kappa shape index (κ3) is 2.70. The van der Waals surface area contributed by atoms with Crippen molar-refractivity contribution in [3.8, 4) is 0 Å². The van der Waals surface area contributed by atoms with E-state index in [1.54, 1.807) is 0 Å². The van der Waals surface area contributed by atoms with E-state index < -0.39 is 0 Å². The standard InChI is InChI=1S/C17H20BrN/c1-12-10-16(13-6-8-19-9-7-13)15-5-3-2-4-14(15)11-17(12)18/h2-5,11,13,16,19H,1,6-10H2. The summed E-state index contributed by atoms with van der Waals surface area (Å²) < 4.78 is 1.16. The number of piperidine rings is 1. The summed E-state index contributed by atoms with van der Waals surface area (Å²) in [6.45, 7) is 6.57. The van der Waals surface area contributed by atoms with Gasteiger partial charge in [-0.15, -0.1) is 0 Å². The van der Waals surface area contributed by atoms with Gasteiger partial charge < -0.3 is 5.32 Å². The van der Waals surface area contributed by atoms with E-state index in [-0.39, 0.29) is 0 Å². The molecule has 0 radical (unpaired) electrons. The van der Waals surface area contributed by atoms with Crippen molar-refractivity contribution in [2.45, 2.75) is 25.2 Å². The molecule has 1 saturated heterocycles. The van der Waals surface area contributed by atoms with Gasteiger partial charge in [0.1, 0.15) is 0 Å². The zero-order valence-corrected chi connectivity index (χ0v) is 12.7. The van der Waals surface area contributed by atoms with E-state index in [1.807, 2.05) is 0 Å². The van der Waals surface area contributed by atoms with Crippen molar-refractivity contribution in [2.75, 3.05) is 13.1 Å². The van der Waals surface area contributed by atoms with Gasteiger partial charge >= 0.3 is 0 Å². The van der Waals surface area contributed by atoms with Crippen LogP contribution in [0.1, 0.15) is 36.3 Å². The fourth-order valence-corrected chi connectivity index (χ4v) is 3.77. The normalized spacial score (nSPS) is 24.6. The summed E-state index contributed by atoms with van der Waals surface area (Å²) in [5.41, 5.74) is 4.10. The molecule has 1 aromatic rings. The molecule has 0 aromatic heterocycles. The van der Waals surface area contributed by atoms with Crippen LogP contribution in [0.25, 0.3) is 6.08 Å². The molecule has 1 fully saturated rings. The Balaban J connectivity index is 1.99. The van der Waals surface area contributed by atoms with Gasteiger partial charge in [0.15, 0.2) is 0 Å². The average molecular weight is 318 g/mol. The molecule has 2 heteroatoms. The third-order valence-corrected chi connectivity index (χ3v) is 5.22. The van der Waals surface area contributed by atoms with Gasteiger partial charge in [0.05, 0.1) is 0 Å². The van der Waals surface area contributed by atoms with E-state index in [4.69, 9.17) is 0 Å². The van der Waals surface area contributed by atoms with Crippen LogP contribution in [0.4, 0.5) is 0 Å². The molecule has 2 aliphatic rings.